The van der Waals surface area contributed by atoms with E-state index in [4.69, 9.17) is 11.6 Å². The summed E-state index contributed by atoms with van der Waals surface area (Å²) >= 11 is 6.30. The maximum atomic E-state index is 13.5. The highest BCUT2D eigenvalue weighted by atomic mass is 35.5. The Labute approximate surface area is 231 Å². The maximum Gasteiger partial charge on any atom is 0.411 e. The number of carbonyl (C=O) groups is 1. The predicted molar refractivity (Wildman–Crippen MR) is 147 cm³/mol. The summed E-state index contributed by atoms with van der Waals surface area (Å²) in [6, 6.07) is 16.9. The van der Waals surface area contributed by atoms with Crippen molar-refractivity contribution in [2.24, 2.45) is 0 Å². The summed E-state index contributed by atoms with van der Waals surface area (Å²) in [6.07, 6.45) is 2.16. The molecule has 1 aliphatic rings. The number of aromatic nitrogens is 7. The fraction of sp³-hybridized carbons (Fsp3) is 0.148. The van der Waals surface area contributed by atoms with E-state index in [1.54, 1.807) is 59.2 Å². The molecule has 200 valence electrons. The van der Waals surface area contributed by atoms with E-state index in [0.29, 0.717) is 51.6 Å². The zero-order valence-electron chi connectivity index (χ0n) is 21.0. The molecular weight excluding hydrogens is 536 g/mol. The highest BCUT2D eigenvalue weighted by Crippen LogP contribution is 2.34. The summed E-state index contributed by atoms with van der Waals surface area (Å²) in [4.78, 5) is 37.6. The van der Waals surface area contributed by atoms with E-state index in [1.165, 1.54) is 18.1 Å². The van der Waals surface area contributed by atoms with Crippen molar-refractivity contribution in [3.63, 3.8) is 0 Å². The monoisotopic (exact) mass is 556 g/mol. The second-order valence-corrected chi connectivity index (χ2v) is 9.58. The van der Waals surface area contributed by atoms with Crippen molar-refractivity contribution in [3.05, 3.63) is 104 Å². The number of methoxy groups -OCH3 is 1. The summed E-state index contributed by atoms with van der Waals surface area (Å²) in [7, 11) is 1.28. The number of amides is 1. The number of aryl methyl sites for hydroxylation is 1. The first-order valence-electron chi connectivity index (χ1n) is 12.2. The molecule has 2 aromatic carbocycles. The molecule has 3 aromatic heterocycles. The van der Waals surface area contributed by atoms with E-state index in [1.807, 2.05) is 6.07 Å². The Morgan fingerprint density at radius 3 is 2.62 bits per heavy atom. The van der Waals surface area contributed by atoms with Crippen LogP contribution in [0.25, 0.3) is 27.9 Å². The number of carbonyl (C=O) groups excluding carboxylic acids is 1. The van der Waals surface area contributed by atoms with Crippen molar-refractivity contribution in [1.82, 2.24) is 35.0 Å². The largest absolute Gasteiger partial charge is 0.453 e. The standard InChI is InChI=1S/C27H21ClN8O4/c1-40-27(39)30-18-5-2-15(3-6-18)21-13-22(31-32-26(21)38)24-9-7-19-10-16(11-25(37)36(19)24)20-12-17(28)4-8-23(20)35-14-29-33-34-35/h2-6,8,10-14,24H,7,9H2,1H3,(H,30,39)(H,32,38). The van der Waals surface area contributed by atoms with Crippen LogP contribution in [0.5, 0.6) is 0 Å². The Morgan fingerprint density at radius 1 is 1.05 bits per heavy atom. The van der Waals surface area contributed by atoms with Gasteiger partial charge in [0.05, 0.1) is 30.1 Å². The Hall–Kier alpha value is -5.10. The first-order chi connectivity index (χ1) is 19.4. The minimum absolute atomic E-state index is 0.203. The molecule has 0 aliphatic carbocycles. The lowest BCUT2D eigenvalue weighted by atomic mass is 10.0. The molecule has 12 nitrogen and oxygen atoms in total. The van der Waals surface area contributed by atoms with Crippen LogP contribution in [0.2, 0.25) is 5.02 Å². The van der Waals surface area contributed by atoms with Crippen molar-refractivity contribution in [2.75, 3.05) is 12.4 Å². The first-order valence-corrected chi connectivity index (χ1v) is 12.6. The van der Waals surface area contributed by atoms with E-state index in [2.05, 4.69) is 35.8 Å². The summed E-state index contributed by atoms with van der Waals surface area (Å²) in [5, 5.41) is 21.3. The first kappa shape index (κ1) is 25.2. The normalized spacial score (nSPS) is 14.1. The molecule has 0 saturated heterocycles. The molecule has 1 unspecified atom stereocenters. The molecule has 2 N–H and O–H groups in total. The zero-order chi connectivity index (χ0) is 27.8. The third kappa shape index (κ3) is 4.64. The number of ether oxygens (including phenoxy) is 1. The number of rotatable bonds is 5. The van der Waals surface area contributed by atoms with Gasteiger partial charge in [0.1, 0.15) is 6.33 Å². The topological polar surface area (TPSA) is 150 Å². The SMILES string of the molecule is COC(=O)Nc1ccc(-c2cc(C3CCc4cc(-c5cc(Cl)ccc5-n5cnnn5)cc(=O)n43)n[nH]c2=O)cc1. The number of hydrogen-bond donors (Lipinski definition) is 2. The van der Waals surface area contributed by atoms with Gasteiger partial charge in [0, 0.05) is 28.0 Å². The van der Waals surface area contributed by atoms with Crippen LogP contribution in [0.3, 0.4) is 0 Å². The number of benzene rings is 2. The second kappa shape index (κ2) is 10.2. The van der Waals surface area contributed by atoms with Gasteiger partial charge in [-0.1, -0.05) is 23.7 Å². The van der Waals surface area contributed by atoms with Gasteiger partial charge in [-0.15, -0.1) is 5.10 Å². The minimum atomic E-state index is -0.590. The molecule has 40 heavy (non-hydrogen) atoms. The molecule has 0 saturated carbocycles. The lowest BCUT2D eigenvalue weighted by Gasteiger charge is -2.16. The summed E-state index contributed by atoms with van der Waals surface area (Å²) in [6.45, 7) is 0. The van der Waals surface area contributed by atoms with Crippen molar-refractivity contribution in [2.45, 2.75) is 18.9 Å². The molecule has 6 rings (SSSR count). The molecule has 4 heterocycles. The van der Waals surface area contributed by atoms with Gasteiger partial charge in [0.15, 0.2) is 0 Å². The number of tetrazole rings is 1. The lowest BCUT2D eigenvalue weighted by molar-refractivity contribution is 0.187. The van der Waals surface area contributed by atoms with Gasteiger partial charge >= 0.3 is 6.09 Å². The van der Waals surface area contributed by atoms with Gasteiger partial charge in [0.2, 0.25) is 0 Å². The molecule has 0 spiro atoms. The van der Waals surface area contributed by atoms with E-state index in [9.17, 15) is 14.4 Å². The molecule has 1 atom stereocenters. The number of pyridine rings is 1. The van der Waals surface area contributed by atoms with Crippen LogP contribution in [0.1, 0.15) is 23.9 Å². The molecular formula is C27H21ClN8O4. The number of hydrogen-bond acceptors (Lipinski definition) is 8. The number of fused-ring (bicyclic) bond motifs is 1. The third-order valence-corrected chi connectivity index (χ3v) is 7.03. The van der Waals surface area contributed by atoms with E-state index >= 15 is 0 Å². The number of nitrogens with zero attached hydrogens (tertiary/aromatic N) is 6. The second-order valence-electron chi connectivity index (χ2n) is 9.14. The molecule has 5 aromatic rings. The summed E-state index contributed by atoms with van der Waals surface area (Å²) in [5.41, 5.74) is 4.50. The van der Waals surface area contributed by atoms with Crippen LogP contribution in [0, 0.1) is 0 Å². The maximum absolute atomic E-state index is 13.5. The van der Waals surface area contributed by atoms with Gasteiger partial charge in [-0.2, -0.15) is 9.78 Å². The molecule has 0 bridgehead atoms. The van der Waals surface area contributed by atoms with Crippen LogP contribution in [-0.2, 0) is 11.2 Å². The van der Waals surface area contributed by atoms with Gasteiger partial charge in [-0.25, -0.2) is 9.89 Å². The summed E-state index contributed by atoms with van der Waals surface area (Å²) in [5.74, 6) is 0. The minimum Gasteiger partial charge on any atom is -0.453 e. The fourth-order valence-electron chi connectivity index (χ4n) is 4.95. The smallest absolute Gasteiger partial charge is 0.411 e. The van der Waals surface area contributed by atoms with Crippen molar-refractivity contribution < 1.29 is 9.53 Å². The van der Waals surface area contributed by atoms with Crippen LogP contribution in [0.15, 0.2) is 76.6 Å². The van der Waals surface area contributed by atoms with Crippen LogP contribution >= 0.6 is 11.6 Å². The fourth-order valence-corrected chi connectivity index (χ4v) is 5.12. The number of aromatic amines is 1. The Balaban J connectivity index is 1.35. The number of halogens is 1. The van der Waals surface area contributed by atoms with Crippen LogP contribution < -0.4 is 16.4 Å². The Morgan fingerprint density at radius 2 is 1.88 bits per heavy atom. The van der Waals surface area contributed by atoms with Gasteiger partial charge in [0.25, 0.3) is 11.1 Å². The Kier molecular flexibility index (Phi) is 6.44. The molecule has 1 amide bonds. The Bertz CT molecular complexity index is 1850. The van der Waals surface area contributed by atoms with Crippen molar-refractivity contribution >= 4 is 23.4 Å². The third-order valence-electron chi connectivity index (χ3n) is 6.79. The highest BCUT2D eigenvalue weighted by molar-refractivity contribution is 6.31. The predicted octanol–water partition coefficient (Wildman–Crippen LogP) is 3.61. The molecule has 13 heteroatoms. The van der Waals surface area contributed by atoms with Gasteiger partial charge in [-0.3, -0.25) is 14.9 Å². The summed E-state index contributed by atoms with van der Waals surface area (Å²) < 4.78 is 7.83. The quantitative estimate of drug-likeness (QED) is 0.333. The number of anilines is 1. The van der Waals surface area contributed by atoms with Crippen molar-refractivity contribution in [3.8, 4) is 27.9 Å². The average molecular weight is 557 g/mol. The molecule has 0 radical (unpaired) electrons. The van der Waals surface area contributed by atoms with Gasteiger partial charge < -0.3 is 9.30 Å². The number of nitrogens with one attached hydrogen (secondary N) is 2. The van der Waals surface area contributed by atoms with Crippen LogP contribution in [0.4, 0.5) is 10.5 Å². The van der Waals surface area contributed by atoms with Gasteiger partial charge in [-0.05, 0) is 76.9 Å². The van der Waals surface area contributed by atoms with Crippen LogP contribution in [-0.4, -0.2) is 48.2 Å². The van der Waals surface area contributed by atoms with E-state index < -0.39 is 6.09 Å². The van der Waals surface area contributed by atoms with Crippen molar-refractivity contribution in [1.29, 1.82) is 0 Å². The molecule has 1 aliphatic heterocycles. The van der Waals surface area contributed by atoms with E-state index in [0.717, 1.165) is 11.3 Å². The zero-order valence-corrected chi connectivity index (χ0v) is 21.8. The highest BCUT2D eigenvalue weighted by Gasteiger charge is 2.28. The van der Waals surface area contributed by atoms with E-state index in [-0.39, 0.29) is 17.2 Å². The lowest BCUT2D eigenvalue weighted by Crippen LogP contribution is -2.25. The average Bonchev–Trinajstić information content (AvgIpc) is 3.65. The number of H-pyrrole nitrogens is 1. The molecule has 0 fully saturated rings.